The molecule has 0 aliphatic carbocycles. The van der Waals surface area contributed by atoms with Gasteiger partial charge >= 0.3 is 6.18 Å². The molecule has 0 aliphatic rings. The molecule has 0 aliphatic heterocycles. The molecule has 0 spiro atoms. The van der Waals surface area contributed by atoms with Crippen molar-refractivity contribution in [3.8, 4) is 0 Å². The molecule has 19 heavy (non-hydrogen) atoms. The van der Waals surface area contributed by atoms with E-state index in [1.807, 2.05) is 0 Å². The molecular weight excluding hydrogens is 263 g/mol. The van der Waals surface area contributed by atoms with Crippen LogP contribution in [0.5, 0.6) is 0 Å². The summed E-state index contributed by atoms with van der Waals surface area (Å²) >= 11 is 0. The minimum atomic E-state index is -4.59. The SMILES string of the molecule is CCN(CC(N)=O)c1cc(C(F)(F)F)nc(NC)n1. The summed E-state index contributed by atoms with van der Waals surface area (Å²) in [6.07, 6.45) is -4.59. The lowest BCUT2D eigenvalue weighted by atomic mass is 10.3. The van der Waals surface area contributed by atoms with Crippen molar-refractivity contribution in [2.24, 2.45) is 5.73 Å². The summed E-state index contributed by atoms with van der Waals surface area (Å²) in [6.45, 7) is 1.76. The molecule has 9 heteroatoms. The topological polar surface area (TPSA) is 84.1 Å². The van der Waals surface area contributed by atoms with E-state index in [4.69, 9.17) is 5.73 Å². The number of amides is 1. The summed E-state index contributed by atoms with van der Waals surface area (Å²) in [4.78, 5) is 19.4. The van der Waals surface area contributed by atoms with Gasteiger partial charge in [0, 0.05) is 19.7 Å². The van der Waals surface area contributed by atoms with E-state index in [0.717, 1.165) is 6.07 Å². The third kappa shape index (κ3) is 3.97. The lowest BCUT2D eigenvalue weighted by Gasteiger charge is -2.21. The number of carbonyl (C=O) groups excluding carboxylic acids is 1. The minimum absolute atomic E-state index is 0.00650. The highest BCUT2D eigenvalue weighted by Gasteiger charge is 2.34. The summed E-state index contributed by atoms with van der Waals surface area (Å²) in [6, 6.07) is 0.785. The number of primary amides is 1. The van der Waals surface area contributed by atoms with Crippen molar-refractivity contribution < 1.29 is 18.0 Å². The Labute approximate surface area is 107 Å². The maximum absolute atomic E-state index is 12.7. The standard InChI is InChI=1S/C10H14F3N5O/c1-3-18(5-7(14)19)8-4-6(10(11,12)13)16-9(15-2)17-8/h4H,3,5H2,1-2H3,(H2,14,19)(H,15,16,17). The molecule has 1 aromatic heterocycles. The summed E-state index contributed by atoms with van der Waals surface area (Å²) in [5, 5.41) is 2.45. The van der Waals surface area contributed by atoms with Gasteiger partial charge in [0.15, 0.2) is 5.69 Å². The van der Waals surface area contributed by atoms with Crippen molar-refractivity contribution in [2.45, 2.75) is 13.1 Å². The van der Waals surface area contributed by atoms with Gasteiger partial charge in [-0.1, -0.05) is 0 Å². The molecule has 1 aromatic rings. The third-order valence-electron chi connectivity index (χ3n) is 2.28. The van der Waals surface area contributed by atoms with Crippen LogP contribution in [0.2, 0.25) is 0 Å². The van der Waals surface area contributed by atoms with Crippen LogP contribution in [-0.4, -0.2) is 36.0 Å². The average molecular weight is 277 g/mol. The van der Waals surface area contributed by atoms with Crippen LogP contribution in [0.25, 0.3) is 0 Å². The smallest absolute Gasteiger partial charge is 0.368 e. The molecule has 0 saturated carbocycles. The number of alkyl halides is 3. The summed E-state index contributed by atoms with van der Waals surface area (Å²) < 4.78 is 38.1. The van der Waals surface area contributed by atoms with Crippen LogP contribution >= 0.6 is 0 Å². The average Bonchev–Trinajstić information content (AvgIpc) is 2.34. The molecule has 0 unspecified atom stereocenters. The van der Waals surface area contributed by atoms with Crippen molar-refractivity contribution in [1.82, 2.24) is 9.97 Å². The number of nitrogens with one attached hydrogen (secondary N) is 1. The lowest BCUT2D eigenvalue weighted by molar-refractivity contribution is -0.141. The number of hydrogen-bond acceptors (Lipinski definition) is 5. The van der Waals surface area contributed by atoms with Gasteiger partial charge in [0.2, 0.25) is 11.9 Å². The van der Waals surface area contributed by atoms with E-state index in [9.17, 15) is 18.0 Å². The number of aromatic nitrogens is 2. The maximum atomic E-state index is 12.7. The number of rotatable bonds is 5. The number of anilines is 2. The fraction of sp³-hybridized carbons (Fsp3) is 0.500. The first kappa shape index (κ1) is 15.0. The largest absolute Gasteiger partial charge is 0.433 e. The number of likely N-dealkylation sites (N-methyl/N-ethyl adjacent to an activating group) is 1. The second-order valence-corrected chi connectivity index (χ2v) is 3.66. The lowest BCUT2D eigenvalue weighted by Crippen LogP contribution is -2.34. The molecule has 0 fully saturated rings. The van der Waals surface area contributed by atoms with E-state index in [0.29, 0.717) is 6.54 Å². The molecular formula is C10H14F3N5O. The highest BCUT2D eigenvalue weighted by Crippen LogP contribution is 2.30. The first-order valence-corrected chi connectivity index (χ1v) is 5.45. The van der Waals surface area contributed by atoms with Crippen molar-refractivity contribution in [2.75, 3.05) is 30.4 Å². The molecule has 106 valence electrons. The highest BCUT2D eigenvalue weighted by atomic mass is 19.4. The number of nitrogens with two attached hydrogens (primary N) is 1. The van der Waals surface area contributed by atoms with Crippen LogP contribution in [0.4, 0.5) is 24.9 Å². The Kier molecular flexibility index (Phi) is 4.52. The fourth-order valence-corrected chi connectivity index (χ4v) is 1.40. The van der Waals surface area contributed by atoms with Gasteiger partial charge in [-0.05, 0) is 6.92 Å². The number of carbonyl (C=O) groups is 1. The number of hydrogen-bond donors (Lipinski definition) is 2. The molecule has 0 aromatic carbocycles. The molecule has 0 saturated heterocycles. The van der Waals surface area contributed by atoms with Crippen LogP contribution in [-0.2, 0) is 11.0 Å². The summed E-state index contributed by atoms with van der Waals surface area (Å²) in [5.74, 6) is -0.833. The van der Waals surface area contributed by atoms with E-state index in [1.54, 1.807) is 6.92 Å². The maximum Gasteiger partial charge on any atom is 0.433 e. The Morgan fingerprint density at radius 3 is 2.53 bits per heavy atom. The molecule has 6 nitrogen and oxygen atoms in total. The Morgan fingerprint density at radius 2 is 2.11 bits per heavy atom. The van der Waals surface area contributed by atoms with E-state index >= 15 is 0 Å². The van der Waals surface area contributed by atoms with Gasteiger partial charge in [0.1, 0.15) is 5.82 Å². The predicted octanol–water partition coefficient (Wildman–Crippen LogP) is 0.849. The number of nitrogens with zero attached hydrogens (tertiary/aromatic N) is 3. The first-order chi connectivity index (χ1) is 8.77. The molecule has 1 heterocycles. The molecule has 0 bridgehead atoms. The second kappa shape index (κ2) is 5.72. The highest BCUT2D eigenvalue weighted by molar-refractivity contribution is 5.79. The van der Waals surface area contributed by atoms with Crippen molar-refractivity contribution in [1.29, 1.82) is 0 Å². The summed E-state index contributed by atoms with van der Waals surface area (Å²) in [7, 11) is 1.41. The third-order valence-corrected chi connectivity index (χ3v) is 2.28. The molecule has 0 atom stereocenters. The normalized spacial score (nSPS) is 11.2. The number of halogens is 3. The van der Waals surface area contributed by atoms with Crippen molar-refractivity contribution in [3.05, 3.63) is 11.8 Å². The van der Waals surface area contributed by atoms with Gasteiger partial charge in [-0.25, -0.2) is 4.98 Å². The second-order valence-electron chi connectivity index (χ2n) is 3.66. The van der Waals surface area contributed by atoms with Crippen LogP contribution in [0.15, 0.2) is 6.07 Å². The zero-order valence-electron chi connectivity index (χ0n) is 10.5. The van der Waals surface area contributed by atoms with Crippen LogP contribution in [0.3, 0.4) is 0 Å². The van der Waals surface area contributed by atoms with Gasteiger partial charge in [0.25, 0.3) is 0 Å². The predicted molar refractivity (Wildman–Crippen MR) is 63.7 cm³/mol. The Hall–Kier alpha value is -2.06. The fourth-order valence-electron chi connectivity index (χ4n) is 1.40. The van der Waals surface area contributed by atoms with E-state index in [-0.39, 0.29) is 18.3 Å². The van der Waals surface area contributed by atoms with Gasteiger partial charge in [-0.3, -0.25) is 4.79 Å². The van der Waals surface area contributed by atoms with E-state index in [1.165, 1.54) is 11.9 Å². The monoisotopic (exact) mass is 277 g/mol. The van der Waals surface area contributed by atoms with Crippen LogP contribution < -0.4 is 16.0 Å². The molecule has 1 amide bonds. The van der Waals surface area contributed by atoms with Crippen LogP contribution in [0.1, 0.15) is 12.6 Å². The minimum Gasteiger partial charge on any atom is -0.368 e. The van der Waals surface area contributed by atoms with E-state index < -0.39 is 17.8 Å². The van der Waals surface area contributed by atoms with Crippen molar-refractivity contribution >= 4 is 17.7 Å². The zero-order valence-corrected chi connectivity index (χ0v) is 10.5. The molecule has 0 radical (unpaired) electrons. The Bertz CT molecular complexity index is 463. The zero-order chi connectivity index (χ0) is 14.6. The summed E-state index contributed by atoms with van der Waals surface area (Å²) in [5.41, 5.74) is 3.96. The quantitative estimate of drug-likeness (QED) is 0.833. The van der Waals surface area contributed by atoms with Gasteiger partial charge in [0.05, 0.1) is 6.54 Å². The first-order valence-electron chi connectivity index (χ1n) is 5.45. The molecule has 3 N–H and O–H groups in total. The van der Waals surface area contributed by atoms with Gasteiger partial charge < -0.3 is 16.0 Å². The van der Waals surface area contributed by atoms with E-state index in [2.05, 4.69) is 15.3 Å². The van der Waals surface area contributed by atoms with Gasteiger partial charge in [-0.2, -0.15) is 18.2 Å². The Balaban J connectivity index is 3.22. The molecule has 1 rings (SSSR count). The van der Waals surface area contributed by atoms with Crippen LogP contribution in [0, 0.1) is 0 Å². The Morgan fingerprint density at radius 1 is 1.47 bits per heavy atom. The van der Waals surface area contributed by atoms with Crippen molar-refractivity contribution in [3.63, 3.8) is 0 Å². The van der Waals surface area contributed by atoms with Gasteiger partial charge in [-0.15, -0.1) is 0 Å².